The Kier molecular flexibility index (Phi) is 4.79. The number of amides is 2. The number of hydrogen-bond donors (Lipinski definition) is 1. The molecule has 1 saturated heterocycles. The first kappa shape index (κ1) is 16.7. The zero-order valence-electron chi connectivity index (χ0n) is 11.9. The van der Waals surface area contributed by atoms with Crippen LogP contribution in [0.2, 0.25) is 0 Å². The highest BCUT2D eigenvalue weighted by Gasteiger charge is 2.29. The van der Waals surface area contributed by atoms with Crippen LogP contribution in [0.15, 0.2) is 24.3 Å². The van der Waals surface area contributed by atoms with Crippen molar-refractivity contribution in [2.75, 3.05) is 26.2 Å². The summed E-state index contributed by atoms with van der Waals surface area (Å²) >= 11 is 0. The van der Waals surface area contributed by atoms with E-state index in [1.165, 1.54) is 21.9 Å². The number of halogens is 3. The zero-order valence-corrected chi connectivity index (χ0v) is 11.9. The Balaban J connectivity index is 1.97. The minimum Gasteiger partial charge on any atom is -0.465 e. The van der Waals surface area contributed by atoms with Gasteiger partial charge in [-0.15, -0.1) is 0 Å². The van der Waals surface area contributed by atoms with Crippen LogP contribution in [0.1, 0.15) is 11.1 Å². The van der Waals surface area contributed by atoms with Crippen LogP contribution in [0, 0.1) is 11.8 Å². The quantitative estimate of drug-likeness (QED) is 0.741. The summed E-state index contributed by atoms with van der Waals surface area (Å²) in [6.07, 6.45) is -5.45. The van der Waals surface area contributed by atoms with Gasteiger partial charge in [0.2, 0.25) is 0 Å². The van der Waals surface area contributed by atoms with E-state index in [0.29, 0.717) is 5.56 Å². The minimum atomic E-state index is -4.41. The molecule has 0 aromatic heterocycles. The van der Waals surface area contributed by atoms with E-state index in [4.69, 9.17) is 5.11 Å². The van der Waals surface area contributed by atoms with Crippen LogP contribution in [-0.4, -0.2) is 53.1 Å². The second kappa shape index (κ2) is 6.60. The van der Waals surface area contributed by atoms with Crippen molar-refractivity contribution in [1.82, 2.24) is 9.80 Å². The number of carbonyl (C=O) groups is 2. The van der Waals surface area contributed by atoms with E-state index in [2.05, 4.69) is 11.8 Å². The molecule has 0 spiro atoms. The molecule has 1 aliphatic rings. The number of piperazine rings is 1. The van der Waals surface area contributed by atoms with Gasteiger partial charge in [0.05, 0.1) is 5.56 Å². The molecule has 1 aromatic carbocycles. The Morgan fingerprint density at radius 3 is 2.00 bits per heavy atom. The fourth-order valence-electron chi connectivity index (χ4n) is 2.05. The van der Waals surface area contributed by atoms with E-state index in [-0.39, 0.29) is 26.2 Å². The highest BCUT2D eigenvalue weighted by molar-refractivity contribution is 5.94. The SMILES string of the molecule is O=C(O)N1CCN(C(=O)C#Cc2ccc(C(F)(F)F)cc2)CC1. The fraction of sp³-hybridized carbons (Fsp3) is 0.333. The largest absolute Gasteiger partial charge is 0.465 e. The maximum atomic E-state index is 12.4. The lowest BCUT2D eigenvalue weighted by atomic mass is 10.1. The predicted octanol–water partition coefficient (Wildman–Crippen LogP) is 1.88. The highest BCUT2D eigenvalue weighted by atomic mass is 19.4. The molecular formula is C15H13F3N2O3. The first-order chi connectivity index (χ1) is 10.8. The Bertz CT molecular complexity index is 651. The van der Waals surface area contributed by atoms with Crippen LogP contribution >= 0.6 is 0 Å². The van der Waals surface area contributed by atoms with Gasteiger partial charge < -0.3 is 14.9 Å². The third-order valence-electron chi connectivity index (χ3n) is 3.36. The molecular weight excluding hydrogens is 313 g/mol. The average Bonchev–Trinajstić information content (AvgIpc) is 2.52. The normalized spacial score (nSPS) is 14.9. The number of hydrogen-bond acceptors (Lipinski definition) is 2. The van der Waals surface area contributed by atoms with Crippen molar-refractivity contribution >= 4 is 12.0 Å². The molecule has 0 unspecified atom stereocenters. The number of carbonyl (C=O) groups excluding carboxylic acids is 1. The second-order valence-electron chi connectivity index (χ2n) is 4.89. The van der Waals surface area contributed by atoms with Crippen LogP contribution in [-0.2, 0) is 11.0 Å². The van der Waals surface area contributed by atoms with Gasteiger partial charge in [-0.3, -0.25) is 4.79 Å². The van der Waals surface area contributed by atoms with Gasteiger partial charge in [-0.25, -0.2) is 4.79 Å². The van der Waals surface area contributed by atoms with Crippen molar-refractivity contribution in [3.05, 3.63) is 35.4 Å². The summed E-state index contributed by atoms with van der Waals surface area (Å²) < 4.78 is 37.3. The van der Waals surface area contributed by atoms with Gasteiger partial charge in [-0.2, -0.15) is 13.2 Å². The molecule has 1 N–H and O–H groups in total. The summed E-state index contributed by atoms with van der Waals surface area (Å²) in [6, 6.07) is 4.21. The van der Waals surface area contributed by atoms with Gasteiger partial charge in [0, 0.05) is 37.7 Å². The lowest BCUT2D eigenvalue weighted by Crippen LogP contribution is -2.49. The molecule has 1 aromatic rings. The van der Waals surface area contributed by atoms with E-state index in [1.54, 1.807) is 0 Å². The van der Waals surface area contributed by atoms with E-state index in [0.717, 1.165) is 12.1 Å². The highest BCUT2D eigenvalue weighted by Crippen LogP contribution is 2.28. The van der Waals surface area contributed by atoms with Gasteiger partial charge in [0.1, 0.15) is 0 Å². The summed E-state index contributed by atoms with van der Waals surface area (Å²) in [5, 5.41) is 8.81. The first-order valence-corrected chi connectivity index (χ1v) is 6.73. The van der Waals surface area contributed by atoms with Gasteiger partial charge in [0.25, 0.3) is 5.91 Å². The van der Waals surface area contributed by atoms with Crippen LogP contribution in [0.4, 0.5) is 18.0 Å². The molecule has 1 aliphatic heterocycles. The molecule has 122 valence electrons. The van der Waals surface area contributed by atoms with Crippen molar-refractivity contribution in [2.45, 2.75) is 6.18 Å². The first-order valence-electron chi connectivity index (χ1n) is 6.73. The van der Waals surface area contributed by atoms with E-state index < -0.39 is 23.7 Å². The third-order valence-corrected chi connectivity index (χ3v) is 3.36. The lowest BCUT2D eigenvalue weighted by Gasteiger charge is -2.31. The lowest BCUT2D eigenvalue weighted by molar-refractivity contribution is -0.137. The summed E-state index contributed by atoms with van der Waals surface area (Å²) in [4.78, 5) is 25.2. The fourth-order valence-corrected chi connectivity index (χ4v) is 2.05. The topological polar surface area (TPSA) is 60.9 Å². The molecule has 1 heterocycles. The zero-order chi connectivity index (χ0) is 17.0. The standard InChI is InChI=1S/C15H13F3N2O3/c16-15(17,18)12-4-1-11(2-5-12)3-6-13(21)19-7-9-20(10-8-19)14(22)23/h1-2,4-5H,7-10H2,(H,22,23). The molecule has 0 aliphatic carbocycles. The molecule has 8 heteroatoms. The molecule has 1 fully saturated rings. The predicted molar refractivity (Wildman–Crippen MR) is 74.5 cm³/mol. The summed E-state index contributed by atoms with van der Waals surface area (Å²) in [7, 11) is 0. The number of benzene rings is 1. The molecule has 0 saturated carbocycles. The molecule has 0 radical (unpaired) electrons. The van der Waals surface area contributed by atoms with Crippen LogP contribution in [0.25, 0.3) is 0 Å². The average molecular weight is 326 g/mol. The monoisotopic (exact) mass is 326 g/mol. The number of alkyl halides is 3. The van der Waals surface area contributed by atoms with E-state index in [1.807, 2.05) is 0 Å². The Labute approximate surface area is 130 Å². The number of carboxylic acid groups (broad SMARTS) is 1. The second-order valence-corrected chi connectivity index (χ2v) is 4.89. The molecule has 5 nitrogen and oxygen atoms in total. The van der Waals surface area contributed by atoms with Gasteiger partial charge >= 0.3 is 12.3 Å². The Morgan fingerprint density at radius 1 is 1.00 bits per heavy atom. The van der Waals surface area contributed by atoms with Crippen LogP contribution in [0.5, 0.6) is 0 Å². The molecule has 23 heavy (non-hydrogen) atoms. The van der Waals surface area contributed by atoms with Crippen molar-refractivity contribution < 1.29 is 27.9 Å². The Morgan fingerprint density at radius 2 is 1.52 bits per heavy atom. The van der Waals surface area contributed by atoms with Gasteiger partial charge in [0.15, 0.2) is 0 Å². The Hall–Kier alpha value is -2.69. The molecule has 2 amide bonds. The van der Waals surface area contributed by atoms with Crippen molar-refractivity contribution in [3.63, 3.8) is 0 Å². The van der Waals surface area contributed by atoms with Crippen molar-refractivity contribution in [2.24, 2.45) is 0 Å². The molecule has 0 bridgehead atoms. The minimum absolute atomic E-state index is 0.211. The van der Waals surface area contributed by atoms with Gasteiger partial charge in [-0.1, -0.05) is 5.92 Å². The number of rotatable bonds is 0. The summed E-state index contributed by atoms with van der Waals surface area (Å²) in [5.41, 5.74) is -0.477. The van der Waals surface area contributed by atoms with Crippen LogP contribution < -0.4 is 0 Å². The van der Waals surface area contributed by atoms with E-state index in [9.17, 15) is 22.8 Å². The third kappa shape index (κ3) is 4.39. The summed E-state index contributed by atoms with van der Waals surface area (Å²) in [6.45, 7) is 0.908. The van der Waals surface area contributed by atoms with Crippen LogP contribution in [0.3, 0.4) is 0 Å². The van der Waals surface area contributed by atoms with Crippen molar-refractivity contribution in [3.8, 4) is 11.8 Å². The smallest absolute Gasteiger partial charge is 0.416 e. The van der Waals surface area contributed by atoms with E-state index >= 15 is 0 Å². The number of nitrogens with zero attached hydrogens (tertiary/aromatic N) is 2. The molecule has 2 rings (SSSR count). The van der Waals surface area contributed by atoms with Crippen molar-refractivity contribution in [1.29, 1.82) is 0 Å². The summed E-state index contributed by atoms with van der Waals surface area (Å²) in [5.74, 6) is 4.40. The molecule has 0 atom stereocenters. The van der Waals surface area contributed by atoms with Gasteiger partial charge in [-0.05, 0) is 24.3 Å². The maximum absolute atomic E-state index is 12.4. The maximum Gasteiger partial charge on any atom is 0.416 e.